The van der Waals surface area contributed by atoms with E-state index in [0.29, 0.717) is 11.2 Å². The van der Waals surface area contributed by atoms with Gasteiger partial charge in [-0.25, -0.2) is 0 Å². The van der Waals surface area contributed by atoms with Crippen LogP contribution in [0.15, 0.2) is 24.3 Å². The zero-order valence-corrected chi connectivity index (χ0v) is 10.2. The smallest absolute Gasteiger partial charge is 0.0507 e. The average molecular weight is 243 g/mol. The van der Waals surface area contributed by atoms with Crippen molar-refractivity contribution in [2.45, 2.75) is 18.1 Å². The molecule has 0 unspecified atom stereocenters. The van der Waals surface area contributed by atoms with Gasteiger partial charge in [0.15, 0.2) is 0 Å². The third kappa shape index (κ3) is 2.90. The van der Waals surface area contributed by atoms with Gasteiger partial charge in [-0.05, 0) is 30.4 Å². The summed E-state index contributed by atoms with van der Waals surface area (Å²) in [6.45, 7) is 1.65. The van der Waals surface area contributed by atoms with Gasteiger partial charge in [-0.3, -0.25) is 0 Å². The molecule has 1 heterocycles. The molecule has 0 spiro atoms. The number of thiol groups is 1. The van der Waals surface area contributed by atoms with Gasteiger partial charge in [0.25, 0.3) is 0 Å². The zero-order chi connectivity index (χ0) is 10.7. The third-order valence-corrected chi connectivity index (χ3v) is 3.92. The number of benzene rings is 1. The summed E-state index contributed by atoms with van der Waals surface area (Å²) in [7, 11) is 0. The monoisotopic (exact) mass is 242 g/mol. The summed E-state index contributed by atoms with van der Waals surface area (Å²) >= 11 is 10.7. The SMILES string of the molecule is S[C@@H]1CCOC[C@@H]1Cc1ccccc1Cl. The number of hydrogen-bond donors (Lipinski definition) is 1. The van der Waals surface area contributed by atoms with Crippen molar-refractivity contribution in [2.24, 2.45) is 5.92 Å². The standard InChI is InChI=1S/C12H15ClOS/c13-11-4-2-1-3-9(11)7-10-8-14-6-5-12(10)15/h1-4,10,12,15H,5-8H2/t10-,12+/m0/s1. The molecule has 1 aliphatic rings. The third-order valence-electron chi connectivity index (χ3n) is 2.87. The van der Waals surface area contributed by atoms with E-state index < -0.39 is 0 Å². The normalized spacial score (nSPS) is 26.5. The van der Waals surface area contributed by atoms with Crippen LogP contribution in [0.2, 0.25) is 5.02 Å². The highest BCUT2D eigenvalue weighted by molar-refractivity contribution is 7.81. The lowest BCUT2D eigenvalue weighted by molar-refractivity contribution is 0.0596. The molecule has 0 saturated carbocycles. The predicted octanol–water partition coefficient (Wildman–Crippen LogP) is 3.22. The van der Waals surface area contributed by atoms with Crippen LogP contribution in [-0.4, -0.2) is 18.5 Å². The summed E-state index contributed by atoms with van der Waals surface area (Å²) in [4.78, 5) is 0. The van der Waals surface area contributed by atoms with Crippen LogP contribution in [0.25, 0.3) is 0 Å². The Balaban J connectivity index is 2.04. The highest BCUT2D eigenvalue weighted by Gasteiger charge is 2.23. The first-order valence-corrected chi connectivity index (χ1v) is 6.16. The molecule has 0 amide bonds. The Bertz CT molecular complexity index is 329. The quantitative estimate of drug-likeness (QED) is 0.784. The molecule has 0 aliphatic carbocycles. The Labute approximate surface area is 101 Å². The van der Waals surface area contributed by atoms with Crippen molar-refractivity contribution in [3.8, 4) is 0 Å². The van der Waals surface area contributed by atoms with Gasteiger partial charge in [-0.15, -0.1) is 0 Å². The molecular weight excluding hydrogens is 228 g/mol. The molecule has 1 fully saturated rings. The Morgan fingerprint density at radius 2 is 2.20 bits per heavy atom. The molecule has 0 bridgehead atoms. The minimum Gasteiger partial charge on any atom is -0.381 e. The molecule has 0 aromatic heterocycles. The predicted molar refractivity (Wildman–Crippen MR) is 66.9 cm³/mol. The number of rotatable bonds is 2. The average Bonchev–Trinajstić information content (AvgIpc) is 2.24. The van der Waals surface area contributed by atoms with Gasteiger partial charge in [0.1, 0.15) is 0 Å². The van der Waals surface area contributed by atoms with Crippen LogP contribution in [0.5, 0.6) is 0 Å². The summed E-state index contributed by atoms with van der Waals surface area (Å²) in [5, 5.41) is 1.29. The zero-order valence-electron chi connectivity index (χ0n) is 8.53. The van der Waals surface area contributed by atoms with Gasteiger partial charge in [0, 0.05) is 16.9 Å². The molecule has 0 radical (unpaired) electrons. The van der Waals surface area contributed by atoms with Crippen LogP contribution in [0.1, 0.15) is 12.0 Å². The molecule has 2 atom stereocenters. The van der Waals surface area contributed by atoms with E-state index in [1.807, 2.05) is 18.2 Å². The Hall–Kier alpha value is -0.180. The molecule has 1 saturated heterocycles. The molecule has 1 nitrogen and oxygen atoms in total. The van der Waals surface area contributed by atoms with E-state index in [9.17, 15) is 0 Å². The lowest BCUT2D eigenvalue weighted by Crippen LogP contribution is -2.29. The van der Waals surface area contributed by atoms with E-state index in [1.54, 1.807) is 0 Å². The van der Waals surface area contributed by atoms with Gasteiger partial charge >= 0.3 is 0 Å². The summed E-state index contributed by atoms with van der Waals surface area (Å²) in [5.41, 5.74) is 1.20. The first-order chi connectivity index (χ1) is 7.27. The topological polar surface area (TPSA) is 9.23 Å². The lowest BCUT2D eigenvalue weighted by Gasteiger charge is -2.28. The van der Waals surface area contributed by atoms with Gasteiger partial charge in [-0.2, -0.15) is 12.6 Å². The van der Waals surface area contributed by atoms with Gasteiger partial charge < -0.3 is 4.74 Å². The van der Waals surface area contributed by atoms with Crippen molar-refractivity contribution in [1.29, 1.82) is 0 Å². The number of halogens is 1. The molecule has 0 N–H and O–H groups in total. The van der Waals surface area contributed by atoms with Gasteiger partial charge in [-0.1, -0.05) is 29.8 Å². The molecule has 1 aliphatic heterocycles. The van der Waals surface area contributed by atoms with E-state index in [1.165, 1.54) is 5.56 Å². The van der Waals surface area contributed by atoms with Crippen molar-refractivity contribution >= 4 is 24.2 Å². The Kier molecular flexibility index (Phi) is 3.95. The summed E-state index contributed by atoms with van der Waals surface area (Å²) < 4.78 is 5.47. The number of ether oxygens (including phenoxy) is 1. The second-order valence-electron chi connectivity index (χ2n) is 3.99. The van der Waals surface area contributed by atoms with Crippen molar-refractivity contribution in [3.05, 3.63) is 34.9 Å². The molecule has 1 aromatic carbocycles. The van der Waals surface area contributed by atoms with Crippen LogP contribution in [0, 0.1) is 5.92 Å². The van der Waals surface area contributed by atoms with Gasteiger partial charge in [0.05, 0.1) is 6.61 Å². The van der Waals surface area contributed by atoms with Crippen LogP contribution < -0.4 is 0 Å². The first kappa shape index (κ1) is 11.3. The fourth-order valence-electron chi connectivity index (χ4n) is 1.93. The van der Waals surface area contributed by atoms with Gasteiger partial charge in [0.2, 0.25) is 0 Å². The van der Waals surface area contributed by atoms with E-state index in [0.717, 1.165) is 31.1 Å². The van der Waals surface area contributed by atoms with Crippen molar-refractivity contribution < 1.29 is 4.74 Å². The van der Waals surface area contributed by atoms with E-state index in [4.69, 9.17) is 16.3 Å². The van der Waals surface area contributed by atoms with E-state index in [-0.39, 0.29) is 0 Å². The van der Waals surface area contributed by atoms with Crippen molar-refractivity contribution in [1.82, 2.24) is 0 Å². The maximum atomic E-state index is 6.13. The van der Waals surface area contributed by atoms with Crippen LogP contribution in [0.4, 0.5) is 0 Å². The van der Waals surface area contributed by atoms with Crippen LogP contribution in [-0.2, 0) is 11.2 Å². The highest BCUT2D eigenvalue weighted by atomic mass is 35.5. The van der Waals surface area contributed by atoms with E-state index >= 15 is 0 Å². The Morgan fingerprint density at radius 3 is 2.93 bits per heavy atom. The molecule has 82 valence electrons. The second kappa shape index (κ2) is 5.24. The highest BCUT2D eigenvalue weighted by Crippen LogP contribution is 2.26. The summed E-state index contributed by atoms with van der Waals surface area (Å²) in [6, 6.07) is 8.01. The molecule has 15 heavy (non-hydrogen) atoms. The molecule has 1 aromatic rings. The fraction of sp³-hybridized carbons (Fsp3) is 0.500. The van der Waals surface area contributed by atoms with E-state index in [2.05, 4.69) is 18.7 Å². The second-order valence-corrected chi connectivity index (χ2v) is 5.06. The lowest BCUT2D eigenvalue weighted by atomic mass is 9.93. The number of hydrogen-bond acceptors (Lipinski definition) is 2. The molecule has 2 rings (SSSR count). The largest absolute Gasteiger partial charge is 0.381 e. The van der Waals surface area contributed by atoms with Crippen LogP contribution in [0.3, 0.4) is 0 Å². The maximum absolute atomic E-state index is 6.13. The first-order valence-electron chi connectivity index (χ1n) is 5.26. The molecular formula is C12H15ClOS. The summed E-state index contributed by atoms with van der Waals surface area (Å²) in [5.74, 6) is 0.488. The maximum Gasteiger partial charge on any atom is 0.0507 e. The van der Waals surface area contributed by atoms with Crippen molar-refractivity contribution in [2.75, 3.05) is 13.2 Å². The molecule has 3 heteroatoms. The Morgan fingerprint density at radius 1 is 1.40 bits per heavy atom. The minimum atomic E-state index is 0.440. The van der Waals surface area contributed by atoms with Crippen LogP contribution >= 0.6 is 24.2 Å². The summed E-state index contributed by atoms with van der Waals surface area (Å²) in [6.07, 6.45) is 2.01. The van der Waals surface area contributed by atoms with Crippen molar-refractivity contribution in [3.63, 3.8) is 0 Å². The fourth-order valence-corrected chi connectivity index (χ4v) is 2.44. The minimum absolute atomic E-state index is 0.440.